The second-order valence-electron chi connectivity index (χ2n) is 1.79. The monoisotopic (exact) mass is 141 g/mol. The highest BCUT2D eigenvalue weighted by Crippen LogP contribution is 2.05. The summed E-state index contributed by atoms with van der Waals surface area (Å²) in [4.78, 5) is 0. The van der Waals surface area contributed by atoms with Gasteiger partial charge < -0.3 is 0 Å². The van der Waals surface area contributed by atoms with Crippen LogP contribution in [-0.2, 0) is 0 Å². The standard InChI is InChI=1S/C5H10F3N/c6-3-1-2-4(7)5(8)9/h4-5H,1-3,9H2. The van der Waals surface area contributed by atoms with Crippen molar-refractivity contribution in [2.75, 3.05) is 6.67 Å². The molecule has 0 saturated carbocycles. The second-order valence-corrected chi connectivity index (χ2v) is 1.79. The highest BCUT2D eigenvalue weighted by atomic mass is 19.2. The zero-order valence-corrected chi connectivity index (χ0v) is 4.99. The molecule has 0 aliphatic carbocycles. The summed E-state index contributed by atoms with van der Waals surface area (Å²) in [6.07, 6.45) is -3.76. The average Bonchev–Trinajstić information content (AvgIpc) is 1.82. The molecule has 0 heterocycles. The Balaban J connectivity index is 3.16. The van der Waals surface area contributed by atoms with Gasteiger partial charge in [-0.1, -0.05) is 0 Å². The maximum Gasteiger partial charge on any atom is 0.180 e. The van der Waals surface area contributed by atoms with E-state index in [1.807, 2.05) is 0 Å². The average molecular weight is 141 g/mol. The fourth-order valence-corrected chi connectivity index (χ4v) is 0.431. The van der Waals surface area contributed by atoms with E-state index in [4.69, 9.17) is 0 Å². The second kappa shape index (κ2) is 4.61. The van der Waals surface area contributed by atoms with Crippen LogP contribution in [0.3, 0.4) is 0 Å². The van der Waals surface area contributed by atoms with Gasteiger partial charge in [-0.25, -0.2) is 8.78 Å². The van der Waals surface area contributed by atoms with Crippen LogP contribution in [0.15, 0.2) is 0 Å². The summed E-state index contributed by atoms with van der Waals surface area (Å²) in [6, 6.07) is 0. The smallest absolute Gasteiger partial charge is 0.180 e. The Morgan fingerprint density at radius 1 is 1.33 bits per heavy atom. The Bertz CT molecular complexity index is 67.2. The van der Waals surface area contributed by atoms with Gasteiger partial charge in [0.15, 0.2) is 6.30 Å². The molecule has 0 fully saturated rings. The van der Waals surface area contributed by atoms with Crippen molar-refractivity contribution >= 4 is 0 Å². The third-order valence-electron chi connectivity index (χ3n) is 0.959. The van der Waals surface area contributed by atoms with Gasteiger partial charge in [0.1, 0.15) is 6.17 Å². The minimum Gasteiger partial charge on any atom is -0.299 e. The maximum atomic E-state index is 12.0. The van der Waals surface area contributed by atoms with Gasteiger partial charge in [0, 0.05) is 0 Å². The first-order valence-corrected chi connectivity index (χ1v) is 2.78. The molecular weight excluding hydrogens is 131 g/mol. The predicted octanol–water partition coefficient (Wildman–Crippen LogP) is 1.33. The van der Waals surface area contributed by atoms with E-state index in [-0.39, 0.29) is 12.8 Å². The van der Waals surface area contributed by atoms with E-state index in [0.29, 0.717) is 0 Å². The Kier molecular flexibility index (Phi) is 4.48. The van der Waals surface area contributed by atoms with Crippen LogP contribution < -0.4 is 5.73 Å². The molecular formula is C5H10F3N. The molecule has 0 amide bonds. The molecule has 0 spiro atoms. The van der Waals surface area contributed by atoms with Crippen LogP contribution in [0.4, 0.5) is 13.2 Å². The molecule has 2 unspecified atom stereocenters. The summed E-state index contributed by atoms with van der Waals surface area (Å²) < 4.78 is 35.0. The molecule has 2 atom stereocenters. The van der Waals surface area contributed by atoms with Crippen molar-refractivity contribution < 1.29 is 13.2 Å². The van der Waals surface area contributed by atoms with Gasteiger partial charge in [-0.15, -0.1) is 0 Å². The Hall–Kier alpha value is -0.250. The highest BCUT2D eigenvalue weighted by Gasteiger charge is 2.13. The van der Waals surface area contributed by atoms with E-state index in [1.54, 1.807) is 0 Å². The number of halogens is 3. The lowest BCUT2D eigenvalue weighted by Gasteiger charge is -2.05. The third kappa shape index (κ3) is 4.27. The fraction of sp³-hybridized carbons (Fsp3) is 1.00. The Morgan fingerprint density at radius 2 is 1.89 bits per heavy atom. The molecule has 0 radical (unpaired) electrons. The number of alkyl halides is 3. The lowest BCUT2D eigenvalue weighted by Crippen LogP contribution is -2.26. The van der Waals surface area contributed by atoms with Crippen LogP contribution in [0.25, 0.3) is 0 Å². The Labute approximate surface area is 52.0 Å². The van der Waals surface area contributed by atoms with Crippen LogP contribution >= 0.6 is 0 Å². The SMILES string of the molecule is NC(F)C(F)CCCF. The minimum absolute atomic E-state index is 0.0405. The normalized spacial score (nSPS) is 17.3. The van der Waals surface area contributed by atoms with E-state index in [1.165, 1.54) is 0 Å². The van der Waals surface area contributed by atoms with Crippen molar-refractivity contribution in [1.29, 1.82) is 0 Å². The lowest BCUT2D eigenvalue weighted by molar-refractivity contribution is 0.158. The number of hydrogen-bond acceptors (Lipinski definition) is 1. The molecule has 9 heavy (non-hydrogen) atoms. The van der Waals surface area contributed by atoms with Gasteiger partial charge in [-0.3, -0.25) is 10.1 Å². The first kappa shape index (κ1) is 8.75. The van der Waals surface area contributed by atoms with Gasteiger partial charge in [0.2, 0.25) is 0 Å². The molecule has 1 nitrogen and oxygen atoms in total. The van der Waals surface area contributed by atoms with Gasteiger partial charge in [-0.2, -0.15) is 0 Å². The number of rotatable bonds is 4. The summed E-state index contributed by atoms with van der Waals surface area (Å²) in [5.41, 5.74) is 4.51. The summed E-state index contributed by atoms with van der Waals surface area (Å²) >= 11 is 0. The zero-order valence-electron chi connectivity index (χ0n) is 4.99. The van der Waals surface area contributed by atoms with E-state index in [9.17, 15) is 13.2 Å². The van der Waals surface area contributed by atoms with Crippen molar-refractivity contribution in [3.63, 3.8) is 0 Å². The van der Waals surface area contributed by atoms with Crippen molar-refractivity contribution in [2.45, 2.75) is 25.3 Å². The van der Waals surface area contributed by atoms with Crippen LogP contribution in [0.2, 0.25) is 0 Å². The molecule has 0 aromatic rings. The quantitative estimate of drug-likeness (QED) is 0.587. The molecule has 0 saturated heterocycles. The van der Waals surface area contributed by atoms with E-state index < -0.39 is 19.1 Å². The first-order valence-electron chi connectivity index (χ1n) is 2.78. The Morgan fingerprint density at radius 3 is 2.22 bits per heavy atom. The molecule has 0 aromatic carbocycles. The summed E-state index contributed by atoms with van der Waals surface area (Å²) in [6.45, 7) is -0.618. The summed E-state index contributed by atoms with van der Waals surface area (Å²) in [7, 11) is 0. The van der Waals surface area contributed by atoms with Crippen molar-refractivity contribution in [3.8, 4) is 0 Å². The zero-order chi connectivity index (χ0) is 7.28. The molecule has 0 rings (SSSR count). The number of nitrogens with two attached hydrogens (primary N) is 1. The molecule has 0 aromatic heterocycles. The van der Waals surface area contributed by atoms with Gasteiger partial charge in [0.05, 0.1) is 6.67 Å². The van der Waals surface area contributed by atoms with Crippen LogP contribution in [-0.4, -0.2) is 19.1 Å². The molecule has 0 aliphatic rings. The molecule has 56 valence electrons. The topological polar surface area (TPSA) is 26.0 Å². The molecule has 0 aliphatic heterocycles. The number of hydrogen-bond donors (Lipinski definition) is 1. The largest absolute Gasteiger partial charge is 0.299 e. The van der Waals surface area contributed by atoms with E-state index in [2.05, 4.69) is 5.73 Å². The van der Waals surface area contributed by atoms with Gasteiger partial charge in [0.25, 0.3) is 0 Å². The molecule has 4 heteroatoms. The molecule has 0 bridgehead atoms. The summed E-state index contributed by atoms with van der Waals surface area (Å²) in [5, 5.41) is 0. The van der Waals surface area contributed by atoms with Crippen LogP contribution in [0, 0.1) is 0 Å². The van der Waals surface area contributed by atoms with Crippen molar-refractivity contribution in [2.24, 2.45) is 5.73 Å². The maximum absolute atomic E-state index is 12.0. The van der Waals surface area contributed by atoms with Crippen LogP contribution in [0.1, 0.15) is 12.8 Å². The minimum atomic E-state index is -1.96. The lowest BCUT2D eigenvalue weighted by atomic mass is 10.2. The van der Waals surface area contributed by atoms with Gasteiger partial charge in [-0.05, 0) is 12.8 Å². The summed E-state index contributed by atoms with van der Waals surface area (Å²) in [5.74, 6) is 0. The first-order chi connectivity index (χ1) is 4.18. The van der Waals surface area contributed by atoms with E-state index in [0.717, 1.165) is 0 Å². The van der Waals surface area contributed by atoms with E-state index >= 15 is 0 Å². The van der Waals surface area contributed by atoms with Gasteiger partial charge >= 0.3 is 0 Å². The van der Waals surface area contributed by atoms with Crippen LogP contribution in [0.5, 0.6) is 0 Å². The predicted molar refractivity (Wildman–Crippen MR) is 29.2 cm³/mol. The molecule has 2 N–H and O–H groups in total. The highest BCUT2D eigenvalue weighted by molar-refractivity contribution is 4.60. The van der Waals surface area contributed by atoms with Crippen molar-refractivity contribution in [1.82, 2.24) is 0 Å². The fourth-order valence-electron chi connectivity index (χ4n) is 0.431. The third-order valence-corrected chi connectivity index (χ3v) is 0.959. The van der Waals surface area contributed by atoms with Crippen molar-refractivity contribution in [3.05, 3.63) is 0 Å².